The van der Waals surface area contributed by atoms with Crippen molar-refractivity contribution in [1.82, 2.24) is 10.3 Å². The zero-order valence-electron chi connectivity index (χ0n) is 16.9. The number of nitrogens with zero attached hydrogens (tertiary/aromatic N) is 2. The molecule has 0 spiro atoms. The number of fused-ring (bicyclic) bond motifs is 2. The molecule has 3 aromatic rings. The number of thiol groups is 1. The Morgan fingerprint density at radius 1 is 1.17 bits per heavy atom. The van der Waals surface area contributed by atoms with Crippen molar-refractivity contribution in [3.63, 3.8) is 0 Å². The molecule has 0 saturated heterocycles. The number of hydrogen-bond acceptors (Lipinski definition) is 5. The van der Waals surface area contributed by atoms with Gasteiger partial charge >= 0.3 is 5.97 Å². The van der Waals surface area contributed by atoms with Gasteiger partial charge in [0.2, 0.25) is 0 Å². The molecule has 0 radical (unpaired) electrons. The largest absolute Gasteiger partial charge is 0.623 e. The number of rotatable bonds is 5. The zero-order chi connectivity index (χ0) is 22.1. The highest BCUT2D eigenvalue weighted by Crippen LogP contribution is 2.22. The summed E-state index contributed by atoms with van der Waals surface area (Å²) < 4.78 is 0.908. The summed E-state index contributed by atoms with van der Waals surface area (Å²) in [7, 11) is 0. The number of carboxylic acid groups (broad SMARTS) is 1. The fourth-order valence-corrected chi connectivity index (χ4v) is 3.08. The van der Waals surface area contributed by atoms with Crippen LogP contribution in [0, 0.1) is 5.21 Å². The van der Waals surface area contributed by atoms with Gasteiger partial charge in [0.1, 0.15) is 6.04 Å². The second-order valence-electron chi connectivity index (χ2n) is 8.02. The van der Waals surface area contributed by atoms with Crippen LogP contribution in [0.15, 0.2) is 42.5 Å². The molecule has 0 aliphatic heterocycles. The van der Waals surface area contributed by atoms with Gasteiger partial charge in [-0.05, 0) is 42.5 Å². The van der Waals surface area contributed by atoms with Crippen LogP contribution in [0.2, 0.25) is 0 Å². The number of benzene rings is 2. The third-order valence-corrected chi connectivity index (χ3v) is 4.97. The molecule has 30 heavy (non-hydrogen) atoms. The van der Waals surface area contributed by atoms with Crippen LogP contribution in [0.4, 0.5) is 0 Å². The molecule has 2 N–H and O–H groups in total. The van der Waals surface area contributed by atoms with Gasteiger partial charge < -0.3 is 15.6 Å². The summed E-state index contributed by atoms with van der Waals surface area (Å²) in [5.74, 6) is -1.64. The van der Waals surface area contributed by atoms with Gasteiger partial charge in [0.15, 0.2) is 11.8 Å². The Balaban J connectivity index is 1.99. The van der Waals surface area contributed by atoms with Gasteiger partial charge in [0.25, 0.3) is 5.91 Å². The normalized spacial score (nSPS) is 13.4. The zero-order valence-corrected chi connectivity index (χ0v) is 17.8. The fraction of sp³-hybridized carbons (Fsp3) is 0.273. The maximum atomic E-state index is 12.4. The van der Waals surface area contributed by atoms with Crippen molar-refractivity contribution in [2.75, 3.05) is 5.75 Å². The van der Waals surface area contributed by atoms with Crippen LogP contribution in [0.3, 0.4) is 0 Å². The molecule has 2 aromatic carbocycles. The molecule has 0 fully saturated rings. The molecule has 1 unspecified atom stereocenters. The lowest BCUT2D eigenvalue weighted by Crippen LogP contribution is -2.42. The number of amides is 1. The van der Waals surface area contributed by atoms with Crippen LogP contribution < -0.4 is 5.32 Å². The Morgan fingerprint density at radius 3 is 2.40 bits per heavy atom. The van der Waals surface area contributed by atoms with Crippen LogP contribution in [0.1, 0.15) is 36.7 Å². The summed E-state index contributed by atoms with van der Waals surface area (Å²) in [5.41, 5.74) is 2.02. The van der Waals surface area contributed by atoms with Crippen molar-refractivity contribution in [2.24, 2.45) is 0 Å². The lowest BCUT2D eigenvalue weighted by atomic mass is 10.1. The first-order chi connectivity index (χ1) is 14.1. The first kappa shape index (κ1) is 21.6. The molecule has 1 aromatic heterocycles. The topological polar surface area (TPSA) is 105 Å². The van der Waals surface area contributed by atoms with Gasteiger partial charge in [0, 0.05) is 48.4 Å². The van der Waals surface area contributed by atoms with Crippen LogP contribution >= 0.6 is 12.6 Å². The quantitative estimate of drug-likeness (QED) is 0.145. The molecule has 7 nitrogen and oxygen atoms in total. The SMILES string of the molecule is CC(C)(C)/[N+]([O-])=C\c1ccc2nc3ccc(C(=O)NC(CS)C(=O)O)cc3cc2c1. The van der Waals surface area contributed by atoms with Crippen molar-refractivity contribution in [3.8, 4) is 0 Å². The van der Waals surface area contributed by atoms with E-state index in [9.17, 15) is 14.8 Å². The van der Waals surface area contributed by atoms with Crippen molar-refractivity contribution >= 4 is 52.5 Å². The van der Waals surface area contributed by atoms with Crippen molar-refractivity contribution in [2.45, 2.75) is 32.4 Å². The summed E-state index contributed by atoms with van der Waals surface area (Å²) in [6, 6.07) is 11.4. The molecule has 0 bridgehead atoms. The van der Waals surface area contributed by atoms with Gasteiger partial charge in [0.05, 0.1) is 11.0 Å². The minimum atomic E-state index is -1.14. The predicted molar refractivity (Wildman–Crippen MR) is 121 cm³/mol. The third kappa shape index (κ3) is 4.71. The summed E-state index contributed by atoms with van der Waals surface area (Å²) in [6.07, 6.45) is 1.54. The minimum Gasteiger partial charge on any atom is -0.623 e. The Kier molecular flexibility index (Phi) is 5.98. The van der Waals surface area contributed by atoms with Crippen LogP contribution in [0.5, 0.6) is 0 Å². The fourth-order valence-electron chi connectivity index (χ4n) is 2.84. The van der Waals surface area contributed by atoms with Crippen molar-refractivity contribution < 1.29 is 19.4 Å². The highest BCUT2D eigenvalue weighted by molar-refractivity contribution is 7.80. The summed E-state index contributed by atoms with van der Waals surface area (Å²) in [5, 5.41) is 25.3. The van der Waals surface area contributed by atoms with E-state index >= 15 is 0 Å². The van der Waals surface area contributed by atoms with E-state index in [4.69, 9.17) is 5.11 Å². The average molecular weight is 426 g/mol. The molecule has 0 aliphatic rings. The van der Waals surface area contributed by atoms with E-state index in [1.807, 2.05) is 45.0 Å². The Bertz CT molecular complexity index is 1170. The molecule has 1 atom stereocenters. The molecule has 156 valence electrons. The van der Waals surface area contributed by atoms with Crippen LogP contribution in [-0.2, 0) is 4.79 Å². The van der Waals surface area contributed by atoms with Gasteiger partial charge in [-0.3, -0.25) is 4.79 Å². The van der Waals surface area contributed by atoms with E-state index in [1.165, 1.54) is 6.21 Å². The van der Waals surface area contributed by atoms with Crippen molar-refractivity contribution in [1.29, 1.82) is 0 Å². The summed E-state index contributed by atoms with van der Waals surface area (Å²) >= 11 is 3.96. The smallest absolute Gasteiger partial charge is 0.327 e. The number of hydrogen-bond donors (Lipinski definition) is 3. The number of nitrogens with one attached hydrogen (secondary N) is 1. The lowest BCUT2D eigenvalue weighted by molar-refractivity contribution is -0.530. The third-order valence-electron chi connectivity index (χ3n) is 4.61. The average Bonchev–Trinajstić information content (AvgIpc) is 2.68. The monoisotopic (exact) mass is 425 g/mol. The van der Waals surface area contributed by atoms with E-state index < -0.39 is 23.5 Å². The standard InChI is InChI=1S/C22H23N3O4S/c1-22(2,3)25(29)11-13-4-6-17-15(8-13)10-16-9-14(5-7-18(16)23-17)20(26)24-19(12-30)21(27)28/h4-11,19,30H,12H2,1-3H3,(H,24,26)(H,27,28)/b25-11+. The summed E-state index contributed by atoms with van der Waals surface area (Å²) in [6.45, 7) is 5.51. The van der Waals surface area contributed by atoms with Crippen molar-refractivity contribution in [3.05, 3.63) is 58.8 Å². The first-order valence-corrected chi connectivity index (χ1v) is 10.0. The number of aromatic nitrogens is 1. The number of pyridine rings is 1. The van der Waals surface area contributed by atoms with E-state index in [-0.39, 0.29) is 5.75 Å². The lowest BCUT2D eigenvalue weighted by Gasteiger charge is -2.18. The molecule has 0 saturated carbocycles. The predicted octanol–water partition coefficient (Wildman–Crippen LogP) is 3.23. The van der Waals surface area contributed by atoms with Gasteiger partial charge in [-0.1, -0.05) is 0 Å². The molecular formula is C22H23N3O4S. The van der Waals surface area contributed by atoms with E-state index in [0.717, 1.165) is 26.6 Å². The second-order valence-corrected chi connectivity index (χ2v) is 8.39. The van der Waals surface area contributed by atoms with Crippen LogP contribution in [0.25, 0.3) is 21.8 Å². The number of carbonyl (C=O) groups excluding carboxylic acids is 1. The van der Waals surface area contributed by atoms with Gasteiger partial charge in [-0.25, -0.2) is 14.5 Å². The molecule has 1 heterocycles. The Morgan fingerprint density at radius 2 is 1.80 bits per heavy atom. The number of carbonyl (C=O) groups is 2. The minimum absolute atomic E-state index is 0.00851. The molecular weight excluding hydrogens is 402 g/mol. The molecule has 1 amide bonds. The highest BCUT2D eigenvalue weighted by atomic mass is 32.1. The molecule has 8 heteroatoms. The van der Waals surface area contributed by atoms with Gasteiger partial charge in [-0.2, -0.15) is 12.6 Å². The maximum absolute atomic E-state index is 12.4. The molecule has 0 aliphatic carbocycles. The Labute approximate surface area is 179 Å². The Hall–Kier alpha value is -3.13. The van der Waals surface area contributed by atoms with E-state index in [1.54, 1.807) is 18.2 Å². The number of hydroxylamine groups is 1. The van der Waals surface area contributed by atoms with E-state index in [0.29, 0.717) is 11.1 Å². The molecule has 3 rings (SSSR count). The van der Waals surface area contributed by atoms with Gasteiger partial charge in [-0.15, -0.1) is 0 Å². The first-order valence-electron chi connectivity index (χ1n) is 9.39. The second kappa shape index (κ2) is 8.31. The van der Waals surface area contributed by atoms with E-state index in [2.05, 4.69) is 22.9 Å². The van der Waals surface area contributed by atoms with Crippen LogP contribution in [-0.4, -0.2) is 50.3 Å². The number of aliphatic carboxylic acids is 1. The maximum Gasteiger partial charge on any atom is 0.327 e. The number of carboxylic acids is 1. The highest BCUT2D eigenvalue weighted by Gasteiger charge is 2.20. The summed E-state index contributed by atoms with van der Waals surface area (Å²) in [4.78, 5) is 28.2.